The number of aromatic amines is 1. The van der Waals surface area contributed by atoms with Gasteiger partial charge in [-0.25, -0.2) is 4.68 Å². The Bertz CT molecular complexity index is 866. The van der Waals surface area contributed by atoms with Crippen molar-refractivity contribution in [1.82, 2.24) is 9.78 Å². The molecule has 23 heavy (non-hydrogen) atoms. The predicted molar refractivity (Wildman–Crippen MR) is 95.8 cm³/mol. The van der Waals surface area contributed by atoms with E-state index in [0.717, 1.165) is 22.4 Å². The van der Waals surface area contributed by atoms with E-state index in [9.17, 15) is 4.79 Å². The molecule has 0 saturated carbocycles. The molecule has 1 N–H and O–H groups in total. The van der Waals surface area contributed by atoms with Crippen LogP contribution in [0.15, 0.2) is 53.3 Å². The number of rotatable bonds is 3. The van der Waals surface area contributed by atoms with Crippen molar-refractivity contribution >= 4 is 0 Å². The number of nitrogens with one attached hydrogen (secondary N) is 1. The van der Waals surface area contributed by atoms with Crippen LogP contribution in [-0.4, -0.2) is 9.78 Å². The fourth-order valence-electron chi connectivity index (χ4n) is 2.74. The number of hydrogen-bond donors (Lipinski definition) is 1. The largest absolute Gasteiger partial charge is 0.294 e. The van der Waals surface area contributed by atoms with Gasteiger partial charge < -0.3 is 0 Å². The molecule has 0 spiro atoms. The lowest BCUT2D eigenvalue weighted by molar-refractivity contribution is 0.518. The summed E-state index contributed by atoms with van der Waals surface area (Å²) < 4.78 is 1.70. The Morgan fingerprint density at radius 1 is 0.826 bits per heavy atom. The van der Waals surface area contributed by atoms with Gasteiger partial charge in [0.25, 0.3) is 5.56 Å². The van der Waals surface area contributed by atoms with Crippen LogP contribution in [0.4, 0.5) is 0 Å². The van der Waals surface area contributed by atoms with Crippen LogP contribution in [0, 0.1) is 13.8 Å². The van der Waals surface area contributed by atoms with E-state index in [1.54, 1.807) is 4.68 Å². The first-order valence-corrected chi connectivity index (χ1v) is 7.96. The van der Waals surface area contributed by atoms with Crippen molar-refractivity contribution in [1.29, 1.82) is 0 Å². The number of aromatic nitrogens is 2. The monoisotopic (exact) mass is 306 g/mol. The third-order valence-electron chi connectivity index (χ3n) is 4.11. The first kappa shape index (κ1) is 15.3. The van der Waals surface area contributed by atoms with Gasteiger partial charge in [0.2, 0.25) is 0 Å². The minimum atomic E-state index is 0.0272. The minimum Gasteiger partial charge on any atom is -0.294 e. The lowest BCUT2D eigenvalue weighted by Gasteiger charge is -2.05. The molecule has 3 heteroatoms. The topological polar surface area (TPSA) is 37.8 Å². The summed E-state index contributed by atoms with van der Waals surface area (Å²) in [6.07, 6.45) is 0. The second-order valence-electron chi connectivity index (χ2n) is 6.36. The van der Waals surface area contributed by atoms with E-state index in [1.165, 1.54) is 11.1 Å². The van der Waals surface area contributed by atoms with E-state index in [-0.39, 0.29) is 11.6 Å². The Kier molecular flexibility index (Phi) is 3.95. The van der Waals surface area contributed by atoms with Crippen molar-refractivity contribution in [3.05, 3.63) is 70.0 Å². The molecule has 0 radical (unpaired) electrons. The number of benzene rings is 2. The zero-order chi connectivity index (χ0) is 16.6. The molecule has 3 aromatic rings. The lowest BCUT2D eigenvalue weighted by atomic mass is 10.00. The van der Waals surface area contributed by atoms with Gasteiger partial charge >= 0.3 is 0 Å². The third-order valence-corrected chi connectivity index (χ3v) is 4.11. The second-order valence-corrected chi connectivity index (χ2v) is 6.36. The Labute approximate surface area is 136 Å². The first-order valence-electron chi connectivity index (χ1n) is 7.96. The maximum atomic E-state index is 12.9. The quantitative estimate of drug-likeness (QED) is 0.747. The average molecular weight is 306 g/mol. The molecule has 0 amide bonds. The SMILES string of the molecule is Cc1ccc(-c2[nH]n(C(C)C)c(=O)c2-c2ccc(C)cc2)cc1. The summed E-state index contributed by atoms with van der Waals surface area (Å²) in [6, 6.07) is 16.5. The molecular weight excluding hydrogens is 284 g/mol. The normalized spacial score (nSPS) is 11.2. The highest BCUT2D eigenvalue weighted by Crippen LogP contribution is 2.29. The summed E-state index contributed by atoms with van der Waals surface area (Å²) in [4.78, 5) is 12.9. The van der Waals surface area contributed by atoms with Crippen LogP contribution in [0.25, 0.3) is 22.4 Å². The number of aryl methyl sites for hydroxylation is 2. The van der Waals surface area contributed by atoms with E-state index in [0.29, 0.717) is 0 Å². The summed E-state index contributed by atoms with van der Waals surface area (Å²) in [5.74, 6) is 0. The van der Waals surface area contributed by atoms with Gasteiger partial charge in [-0.1, -0.05) is 59.7 Å². The van der Waals surface area contributed by atoms with Crippen LogP contribution < -0.4 is 5.56 Å². The van der Waals surface area contributed by atoms with E-state index in [4.69, 9.17) is 0 Å². The van der Waals surface area contributed by atoms with Gasteiger partial charge in [0.15, 0.2) is 0 Å². The van der Waals surface area contributed by atoms with E-state index in [2.05, 4.69) is 36.3 Å². The highest BCUT2D eigenvalue weighted by Gasteiger charge is 2.18. The van der Waals surface area contributed by atoms with Crippen molar-refractivity contribution in [2.24, 2.45) is 0 Å². The van der Waals surface area contributed by atoms with Crippen LogP contribution in [-0.2, 0) is 0 Å². The maximum absolute atomic E-state index is 12.9. The Balaban J connectivity index is 2.26. The summed E-state index contributed by atoms with van der Waals surface area (Å²) >= 11 is 0. The molecule has 0 bridgehead atoms. The Hall–Kier alpha value is -2.55. The van der Waals surface area contributed by atoms with Crippen molar-refractivity contribution in [2.45, 2.75) is 33.7 Å². The molecule has 3 nitrogen and oxygen atoms in total. The van der Waals surface area contributed by atoms with Gasteiger partial charge in [0, 0.05) is 11.6 Å². The average Bonchev–Trinajstić information content (AvgIpc) is 2.87. The summed E-state index contributed by atoms with van der Waals surface area (Å²) in [7, 11) is 0. The molecule has 1 heterocycles. The smallest absolute Gasteiger partial charge is 0.275 e. The Morgan fingerprint density at radius 2 is 1.30 bits per heavy atom. The fraction of sp³-hybridized carbons (Fsp3) is 0.250. The zero-order valence-corrected chi connectivity index (χ0v) is 14.1. The fourth-order valence-corrected chi connectivity index (χ4v) is 2.74. The van der Waals surface area contributed by atoms with E-state index < -0.39 is 0 Å². The lowest BCUT2D eigenvalue weighted by Crippen LogP contribution is -2.19. The van der Waals surface area contributed by atoms with E-state index in [1.807, 2.05) is 45.0 Å². The van der Waals surface area contributed by atoms with Gasteiger partial charge in [0.1, 0.15) is 0 Å². The van der Waals surface area contributed by atoms with Crippen LogP contribution in [0.3, 0.4) is 0 Å². The zero-order valence-electron chi connectivity index (χ0n) is 14.1. The molecule has 2 aromatic carbocycles. The molecule has 0 fully saturated rings. The third kappa shape index (κ3) is 2.87. The molecular formula is C20H22N2O. The van der Waals surface area contributed by atoms with Crippen molar-refractivity contribution in [3.63, 3.8) is 0 Å². The highest BCUT2D eigenvalue weighted by molar-refractivity contribution is 5.80. The molecule has 118 valence electrons. The predicted octanol–water partition coefficient (Wildman–Crippen LogP) is 4.71. The maximum Gasteiger partial charge on any atom is 0.275 e. The number of H-pyrrole nitrogens is 1. The summed E-state index contributed by atoms with van der Waals surface area (Å²) in [5, 5.41) is 3.30. The number of hydrogen-bond acceptors (Lipinski definition) is 1. The van der Waals surface area contributed by atoms with Gasteiger partial charge in [-0.15, -0.1) is 0 Å². The molecule has 0 aliphatic heterocycles. The molecule has 0 aliphatic carbocycles. The molecule has 0 atom stereocenters. The second kappa shape index (κ2) is 5.92. The summed E-state index contributed by atoms with van der Waals surface area (Å²) in [6.45, 7) is 8.13. The number of nitrogens with zero attached hydrogens (tertiary/aromatic N) is 1. The van der Waals surface area contributed by atoms with Crippen LogP contribution in [0.2, 0.25) is 0 Å². The van der Waals surface area contributed by atoms with Gasteiger partial charge in [-0.05, 0) is 33.3 Å². The van der Waals surface area contributed by atoms with Crippen molar-refractivity contribution in [3.8, 4) is 22.4 Å². The summed E-state index contributed by atoms with van der Waals surface area (Å²) in [5.41, 5.74) is 6.02. The Morgan fingerprint density at radius 3 is 1.78 bits per heavy atom. The van der Waals surface area contributed by atoms with Gasteiger partial charge in [0.05, 0.1) is 11.3 Å². The molecule has 0 aliphatic rings. The van der Waals surface area contributed by atoms with Gasteiger partial charge in [-0.3, -0.25) is 9.89 Å². The minimum absolute atomic E-state index is 0.0272. The van der Waals surface area contributed by atoms with E-state index >= 15 is 0 Å². The van der Waals surface area contributed by atoms with Gasteiger partial charge in [-0.2, -0.15) is 0 Å². The first-order chi connectivity index (χ1) is 11.0. The van der Waals surface area contributed by atoms with Crippen LogP contribution in [0.1, 0.15) is 31.0 Å². The highest BCUT2D eigenvalue weighted by atomic mass is 16.1. The van der Waals surface area contributed by atoms with Crippen molar-refractivity contribution < 1.29 is 0 Å². The molecule has 3 rings (SSSR count). The molecule has 1 aromatic heterocycles. The van der Waals surface area contributed by atoms with Crippen molar-refractivity contribution in [2.75, 3.05) is 0 Å². The molecule has 0 unspecified atom stereocenters. The van der Waals surface area contributed by atoms with Crippen LogP contribution >= 0.6 is 0 Å². The standard InChI is InChI=1S/C20H22N2O/c1-13(2)22-20(23)18(16-9-5-14(3)6-10-16)19(21-22)17-11-7-15(4)8-12-17/h5-13,21H,1-4H3. The molecule has 0 saturated heterocycles. The van der Waals surface area contributed by atoms with Crippen LogP contribution in [0.5, 0.6) is 0 Å².